The van der Waals surface area contributed by atoms with Crippen LogP contribution >= 0.6 is 15.9 Å². The van der Waals surface area contributed by atoms with E-state index in [1.807, 2.05) is 0 Å². The molecule has 0 aromatic carbocycles. The predicted octanol–water partition coefficient (Wildman–Crippen LogP) is 5.14. The van der Waals surface area contributed by atoms with Gasteiger partial charge in [-0.15, -0.1) is 0 Å². The molecule has 0 aliphatic heterocycles. The van der Waals surface area contributed by atoms with E-state index in [4.69, 9.17) is 0 Å². The maximum atomic E-state index is 3.81. The molecule has 19 heavy (non-hydrogen) atoms. The molecular formula is C16H33BrFeN-. The molecule has 0 N–H and O–H groups in total. The smallest absolute Gasteiger partial charge is 0.0214 e. The SMILES string of the molecule is C1CCCC1.CC1CCC([C@@H](C)N(C)C)C1Br.[CH3-].[Fe]. The van der Waals surface area contributed by atoms with Crippen molar-refractivity contribution in [2.45, 2.75) is 69.7 Å². The van der Waals surface area contributed by atoms with E-state index in [1.54, 1.807) is 0 Å². The van der Waals surface area contributed by atoms with Crippen molar-refractivity contribution in [1.82, 2.24) is 4.90 Å². The monoisotopic (exact) mass is 374 g/mol. The van der Waals surface area contributed by atoms with Crippen LogP contribution in [0.2, 0.25) is 0 Å². The molecule has 0 aromatic rings. The summed E-state index contributed by atoms with van der Waals surface area (Å²) in [4.78, 5) is 3.06. The van der Waals surface area contributed by atoms with Crippen molar-refractivity contribution in [1.29, 1.82) is 0 Å². The molecule has 2 saturated carbocycles. The summed E-state index contributed by atoms with van der Waals surface area (Å²) in [6.45, 7) is 4.68. The fraction of sp³-hybridized carbons (Fsp3) is 0.938. The van der Waals surface area contributed by atoms with Gasteiger partial charge in [-0.3, -0.25) is 0 Å². The zero-order valence-corrected chi connectivity index (χ0v) is 16.1. The third-order valence-electron chi connectivity index (χ3n) is 4.59. The van der Waals surface area contributed by atoms with Crippen molar-refractivity contribution in [3.63, 3.8) is 0 Å². The van der Waals surface area contributed by atoms with Crippen LogP contribution < -0.4 is 0 Å². The number of rotatable bonds is 2. The number of alkyl halides is 1. The van der Waals surface area contributed by atoms with Gasteiger partial charge in [0.05, 0.1) is 0 Å². The van der Waals surface area contributed by atoms with Crippen LogP contribution in [-0.4, -0.2) is 29.9 Å². The van der Waals surface area contributed by atoms with Crippen LogP contribution in [0.25, 0.3) is 0 Å². The Kier molecular flexibility index (Phi) is 13.6. The predicted molar refractivity (Wildman–Crippen MR) is 87.3 cm³/mol. The summed E-state index contributed by atoms with van der Waals surface area (Å²) < 4.78 is 0. The van der Waals surface area contributed by atoms with E-state index in [0.29, 0.717) is 6.04 Å². The van der Waals surface area contributed by atoms with Crippen molar-refractivity contribution in [2.75, 3.05) is 14.1 Å². The molecule has 0 spiro atoms. The van der Waals surface area contributed by atoms with Crippen LogP contribution in [0.5, 0.6) is 0 Å². The van der Waals surface area contributed by atoms with E-state index in [2.05, 4.69) is 48.8 Å². The fourth-order valence-electron chi connectivity index (χ4n) is 2.97. The van der Waals surface area contributed by atoms with Gasteiger partial charge in [-0.25, -0.2) is 0 Å². The topological polar surface area (TPSA) is 3.24 Å². The Labute approximate surface area is 140 Å². The Morgan fingerprint density at radius 2 is 1.42 bits per heavy atom. The van der Waals surface area contributed by atoms with Crippen LogP contribution in [0.3, 0.4) is 0 Å². The zero-order valence-electron chi connectivity index (χ0n) is 13.4. The molecule has 4 atom stereocenters. The second kappa shape index (κ2) is 11.6. The molecule has 0 aromatic heterocycles. The first-order valence-electron chi connectivity index (χ1n) is 7.34. The molecule has 1 nitrogen and oxygen atoms in total. The van der Waals surface area contributed by atoms with Gasteiger partial charge in [-0.1, -0.05) is 55.0 Å². The van der Waals surface area contributed by atoms with Gasteiger partial charge in [0, 0.05) is 27.9 Å². The molecule has 0 amide bonds. The number of nitrogens with zero attached hydrogens (tertiary/aromatic N) is 1. The third-order valence-corrected chi connectivity index (χ3v) is 6.17. The minimum Gasteiger partial charge on any atom is -0.358 e. The Morgan fingerprint density at radius 1 is 1.00 bits per heavy atom. The van der Waals surface area contributed by atoms with Crippen molar-refractivity contribution < 1.29 is 17.1 Å². The average Bonchev–Trinajstić information content (AvgIpc) is 2.94. The first-order valence-corrected chi connectivity index (χ1v) is 8.26. The van der Waals surface area contributed by atoms with E-state index < -0.39 is 0 Å². The van der Waals surface area contributed by atoms with Crippen LogP contribution in [-0.2, 0) is 17.1 Å². The minimum atomic E-state index is 0. The van der Waals surface area contributed by atoms with Gasteiger partial charge in [0.25, 0.3) is 0 Å². The Bertz CT molecular complexity index is 199. The van der Waals surface area contributed by atoms with Crippen LogP contribution in [0, 0.1) is 19.3 Å². The largest absolute Gasteiger partial charge is 0.358 e. The van der Waals surface area contributed by atoms with E-state index in [-0.39, 0.29) is 24.5 Å². The first kappa shape index (κ1) is 22.2. The molecule has 3 unspecified atom stereocenters. The Balaban J connectivity index is 0. The number of hydrogen-bond acceptors (Lipinski definition) is 1. The molecule has 2 aliphatic carbocycles. The zero-order chi connectivity index (χ0) is 12.8. The molecule has 0 radical (unpaired) electrons. The van der Waals surface area contributed by atoms with E-state index in [9.17, 15) is 0 Å². The van der Waals surface area contributed by atoms with Crippen molar-refractivity contribution >= 4 is 15.9 Å². The van der Waals surface area contributed by atoms with Gasteiger partial charge in [0.15, 0.2) is 0 Å². The first-order chi connectivity index (χ1) is 8.04. The Hall–Kier alpha value is 0.959. The van der Waals surface area contributed by atoms with Crippen LogP contribution in [0.4, 0.5) is 0 Å². The summed E-state index contributed by atoms with van der Waals surface area (Å²) in [5, 5.41) is 0. The van der Waals surface area contributed by atoms with E-state index in [0.717, 1.165) is 16.7 Å². The van der Waals surface area contributed by atoms with Crippen molar-refractivity contribution in [2.24, 2.45) is 11.8 Å². The molecular weight excluding hydrogens is 342 g/mol. The van der Waals surface area contributed by atoms with Gasteiger partial charge in [-0.05, 0) is 45.7 Å². The molecule has 2 aliphatic rings. The van der Waals surface area contributed by atoms with Gasteiger partial charge < -0.3 is 12.3 Å². The molecule has 2 rings (SSSR count). The fourth-order valence-corrected chi connectivity index (χ4v) is 3.94. The van der Waals surface area contributed by atoms with Crippen molar-refractivity contribution in [3.05, 3.63) is 7.43 Å². The van der Waals surface area contributed by atoms with Crippen molar-refractivity contribution in [3.8, 4) is 0 Å². The summed E-state index contributed by atoms with van der Waals surface area (Å²) >= 11 is 3.81. The minimum absolute atomic E-state index is 0. The maximum absolute atomic E-state index is 3.81. The summed E-state index contributed by atoms with van der Waals surface area (Å²) in [5.74, 6) is 1.70. The second-order valence-corrected chi connectivity index (χ2v) is 7.19. The molecule has 3 heteroatoms. The normalized spacial score (nSPS) is 30.9. The van der Waals surface area contributed by atoms with Gasteiger partial charge in [-0.2, -0.15) is 0 Å². The quantitative estimate of drug-likeness (QED) is 0.367. The Morgan fingerprint density at radius 3 is 1.68 bits per heavy atom. The number of halogens is 1. The average molecular weight is 375 g/mol. The molecule has 0 heterocycles. The van der Waals surface area contributed by atoms with Crippen LogP contribution in [0.1, 0.15) is 58.8 Å². The van der Waals surface area contributed by atoms with Gasteiger partial charge >= 0.3 is 0 Å². The van der Waals surface area contributed by atoms with E-state index >= 15 is 0 Å². The van der Waals surface area contributed by atoms with Gasteiger partial charge in [0.2, 0.25) is 0 Å². The summed E-state index contributed by atoms with van der Waals surface area (Å²) in [6, 6.07) is 0.708. The summed E-state index contributed by atoms with van der Waals surface area (Å²) in [7, 11) is 4.35. The molecule has 118 valence electrons. The summed E-state index contributed by atoms with van der Waals surface area (Å²) in [5.41, 5.74) is 0. The maximum Gasteiger partial charge on any atom is 0.0214 e. The summed E-state index contributed by atoms with van der Waals surface area (Å²) in [6.07, 6.45) is 10.3. The molecule has 0 saturated heterocycles. The van der Waals surface area contributed by atoms with Gasteiger partial charge in [0.1, 0.15) is 0 Å². The molecule has 0 bridgehead atoms. The number of hydrogen-bond donors (Lipinski definition) is 0. The third kappa shape index (κ3) is 7.50. The van der Waals surface area contributed by atoms with Crippen LogP contribution in [0.15, 0.2) is 0 Å². The standard InChI is InChI=1S/C10H20BrN.C5H10.CH3.Fe/c1-7-5-6-9(10(7)11)8(2)12(3)4;1-2-4-5-3-1;;/h7-10H,5-6H2,1-4H3;1-5H2;1H3;/q;;-1;/t7?,8-,9?,10?;;;/m1.../s1. The second-order valence-electron chi connectivity index (χ2n) is 6.13. The van der Waals surface area contributed by atoms with E-state index in [1.165, 1.54) is 44.9 Å². The molecule has 2 fully saturated rings.